The van der Waals surface area contributed by atoms with E-state index in [0.717, 1.165) is 0 Å². The maximum atomic E-state index is 13.1. The van der Waals surface area contributed by atoms with Crippen molar-refractivity contribution in [3.8, 4) is 0 Å². The van der Waals surface area contributed by atoms with Gasteiger partial charge in [0.15, 0.2) is 0 Å². The number of aliphatic hydroxyl groups excluding tert-OH is 1. The van der Waals surface area contributed by atoms with Crippen molar-refractivity contribution in [2.24, 2.45) is 5.73 Å². The van der Waals surface area contributed by atoms with Crippen molar-refractivity contribution in [3.05, 3.63) is 33.6 Å². The van der Waals surface area contributed by atoms with E-state index < -0.39 is 11.9 Å². The predicted molar refractivity (Wildman–Crippen MR) is 50.4 cm³/mol. The number of hydrogen-bond donors (Lipinski definition) is 2. The normalized spacial score (nSPS) is 13.0. The molecule has 3 N–H and O–H groups in total. The first-order valence-electron chi connectivity index (χ1n) is 3.57. The van der Waals surface area contributed by atoms with E-state index in [1.807, 2.05) is 0 Å². The predicted octanol–water partition coefficient (Wildman–Crippen LogP) is 2.12. The van der Waals surface area contributed by atoms with Crippen LogP contribution < -0.4 is 5.73 Å². The summed E-state index contributed by atoms with van der Waals surface area (Å²) in [6, 6.07) is 1.66. The lowest BCUT2D eigenvalue weighted by molar-refractivity contribution is 0.265. The van der Waals surface area contributed by atoms with Crippen LogP contribution >= 0.6 is 23.2 Å². The highest BCUT2D eigenvalue weighted by molar-refractivity contribution is 6.42. The van der Waals surface area contributed by atoms with Gasteiger partial charge in [-0.2, -0.15) is 0 Å². The Kier molecular flexibility index (Phi) is 3.50. The molecule has 1 aromatic carbocycles. The lowest BCUT2D eigenvalue weighted by Gasteiger charge is -2.12. The molecule has 0 aliphatic carbocycles. The quantitative estimate of drug-likeness (QED) is 0.755. The number of halogens is 3. The Morgan fingerprint density at radius 3 is 2.62 bits per heavy atom. The minimum absolute atomic E-state index is 0.0525. The van der Waals surface area contributed by atoms with Gasteiger partial charge >= 0.3 is 0 Å². The number of rotatable bonds is 2. The van der Waals surface area contributed by atoms with Gasteiger partial charge in [-0.05, 0) is 12.1 Å². The van der Waals surface area contributed by atoms with Gasteiger partial charge in [0.1, 0.15) is 5.82 Å². The molecule has 0 saturated carbocycles. The molecule has 72 valence electrons. The van der Waals surface area contributed by atoms with Crippen LogP contribution in [0.25, 0.3) is 0 Å². The van der Waals surface area contributed by atoms with Crippen LogP contribution in [0.5, 0.6) is 0 Å². The second kappa shape index (κ2) is 4.24. The van der Waals surface area contributed by atoms with Crippen molar-refractivity contribution in [2.75, 3.05) is 6.61 Å². The summed E-state index contributed by atoms with van der Waals surface area (Å²) in [5, 5.41) is 9.02. The molecular weight excluding hydrogens is 216 g/mol. The summed E-state index contributed by atoms with van der Waals surface area (Å²) in [5.74, 6) is -0.559. The molecule has 1 atom stereocenters. The molecule has 0 fully saturated rings. The molecule has 5 heteroatoms. The SMILES string of the molecule is NC(CO)c1c(F)ccc(Cl)c1Cl. The molecule has 0 aliphatic rings. The van der Waals surface area contributed by atoms with Crippen molar-refractivity contribution in [1.29, 1.82) is 0 Å². The van der Waals surface area contributed by atoms with Crippen LogP contribution in [0.1, 0.15) is 11.6 Å². The molecule has 0 amide bonds. The molecule has 0 aromatic heterocycles. The minimum atomic E-state index is -0.841. The summed E-state index contributed by atoms with van der Waals surface area (Å²) in [5.41, 5.74) is 5.48. The number of nitrogens with two attached hydrogens (primary N) is 1. The van der Waals surface area contributed by atoms with Crippen LogP contribution in [0.2, 0.25) is 10.0 Å². The molecule has 2 nitrogen and oxygen atoms in total. The van der Waals surface area contributed by atoms with Crippen LogP contribution in [0, 0.1) is 5.82 Å². The van der Waals surface area contributed by atoms with E-state index in [1.54, 1.807) is 0 Å². The van der Waals surface area contributed by atoms with Crippen LogP contribution in [0.15, 0.2) is 12.1 Å². The monoisotopic (exact) mass is 223 g/mol. The summed E-state index contributed by atoms with van der Waals surface area (Å²) in [7, 11) is 0. The summed E-state index contributed by atoms with van der Waals surface area (Å²) >= 11 is 11.4. The van der Waals surface area contributed by atoms with E-state index in [-0.39, 0.29) is 22.2 Å². The average Bonchev–Trinajstić information content (AvgIpc) is 2.12. The molecule has 0 heterocycles. The fourth-order valence-electron chi connectivity index (χ4n) is 0.974. The molecule has 0 saturated heterocycles. The van der Waals surface area contributed by atoms with Gasteiger partial charge in [0, 0.05) is 5.56 Å². The Balaban J connectivity index is 3.25. The first-order valence-corrected chi connectivity index (χ1v) is 4.33. The lowest BCUT2D eigenvalue weighted by Crippen LogP contribution is -2.16. The first-order chi connectivity index (χ1) is 6.07. The minimum Gasteiger partial charge on any atom is -0.394 e. The molecule has 1 unspecified atom stereocenters. The Labute approximate surface area is 85.1 Å². The smallest absolute Gasteiger partial charge is 0.129 e. The largest absolute Gasteiger partial charge is 0.394 e. The highest BCUT2D eigenvalue weighted by Gasteiger charge is 2.16. The van der Waals surface area contributed by atoms with Gasteiger partial charge in [-0.25, -0.2) is 4.39 Å². The highest BCUT2D eigenvalue weighted by Crippen LogP contribution is 2.31. The van der Waals surface area contributed by atoms with Gasteiger partial charge in [-0.3, -0.25) is 0 Å². The van der Waals surface area contributed by atoms with E-state index >= 15 is 0 Å². The van der Waals surface area contributed by atoms with Gasteiger partial charge in [-0.15, -0.1) is 0 Å². The zero-order chi connectivity index (χ0) is 10.0. The third-order valence-electron chi connectivity index (χ3n) is 1.65. The third-order valence-corrected chi connectivity index (χ3v) is 2.47. The summed E-state index contributed by atoms with van der Waals surface area (Å²) in [4.78, 5) is 0. The van der Waals surface area contributed by atoms with E-state index in [2.05, 4.69) is 0 Å². The van der Waals surface area contributed by atoms with Crippen molar-refractivity contribution in [2.45, 2.75) is 6.04 Å². The summed E-state index contributed by atoms with van der Waals surface area (Å²) < 4.78 is 13.1. The standard InChI is InChI=1S/C8H8Cl2FNO/c9-4-1-2-5(11)7(8(4)10)6(12)3-13/h1-2,6,13H,3,12H2. The van der Waals surface area contributed by atoms with Gasteiger partial charge < -0.3 is 10.8 Å². The Morgan fingerprint density at radius 1 is 1.46 bits per heavy atom. The fourth-order valence-corrected chi connectivity index (χ4v) is 1.43. The van der Waals surface area contributed by atoms with Crippen molar-refractivity contribution >= 4 is 23.2 Å². The van der Waals surface area contributed by atoms with Gasteiger partial charge in [-0.1, -0.05) is 23.2 Å². The molecule has 1 rings (SSSR count). The molecular formula is C8H8Cl2FNO. The Morgan fingerprint density at radius 2 is 2.08 bits per heavy atom. The zero-order valence-corrected chi connectivity index (χ0v) is 8.11. The van der Waals surface area contributed by atoms with Crippen molar-refractivity contribution < 1.29 is 9.50 Å². The maximum absolute atomic E-state index is 13.1. The van der Waals surface area contributed by atoms with Gasteiger partial charge in [0.05, 0.1) is 22.7 Å². The van der Waals surface area contributed by atoms with Crippen LogP contribution in [-0.4, -0.2) is 11.7 Å². The summed E-state index contributed by atoms with van der Waals surface area (Å²) in [6.07, 6.45) is 0. The van der Waals surface area contributed by atoms with Gasteiger partial charge in [0.25, 0.3) is 0 Å². The maximum Gasteiger partial charge on any atom is 0.129 e. The van der Waals surface area contributed by atoms with E-state index in [0.29, 0.717) is 0 Å². The lowest BCUT2D eigenvalue weighted by atomic mass is 10.1. The van der Waals surface area contributed by atoms with Crippen molar-refractivity contribution in [3.63, 3.8) is 0 Å². The highest BCUT2D eigenvalue weighted by atomic mass is 35.5. The second-order valence-corrected chi connectivity index (χ2v) is 3.33. The molecule has 0 radical (unpaired) electrons. The van der Waals surface area contributed by atoms with Crippen LogP contribution in [0.3, 0.4) is 0 Å². The van der Waals surface area contributed by atoms with Gasteiger partial charge in [0.2, 0.25) is 0 Å². The average molecular weight is 224 g/mol. The number of aliphatic hydroxyl groups is 1. The number of benzene rings is 1. The first kappa shape index (κ1) is 10.7. The Bertz CT molecular complexity index is 319. The zero-order valence-electron chi connectivity index (χ0n) is 6.60. The molecule has 0 bridgehead atoms. The second-order valence-electron chi connectivity index (χ2n) is 2.55. The number of hydrogen-bond acceptors (Lipinski definition) is 2. The molecule has 0 spiro atoms. The van der Waals surface area contributed by atoms with Crippen molar-refractivity contribution in [1.82, 2.24) is 0 Å². The summed E-state index contributed by atoms with van der Waals surface area (Å²) in [6.45, 7) is -0.378. The van der Waals surface area contributed by atoms with E-state index in [9.17, 15) is 4.39 Å². The third kappa shape index (κ3) is 2.11. The molecule has 1 aromatic rings. The van der Waals surface area contributed by atoms with Crippen LogP contribution in [0.4, 0.5) is 4.39 Å². The topological polar surface area (TPSA) is 46.2 Å². The molecule has 0 aliphatic heterocycles. The fraction of sp³-hybridized carbons (Fsp3) is 0.250. The van der Waals surface area contributed by atoms with Crippen LogP contribution in [-0.2, 0) is 0 Å². The Hall–Kier alpha value is -0.350. The van der Waals surface area contributed by atoms with E-state index in [4.69, 9.17) is 34.0 Å². The molecule has 13 heavy (non-hydrogen) atoms. The van der Waals surface area contributed by atoms with E-state index in [1.165, 1.54) is 12.1 Å².